The zero-order chi connectivity index (χ0) is 37.0. The lowest BCUT2D eigenvalue weighted by Gasteiger charge is -2.31. The van der Waals surface area contributed by atoms with Gasteiger partial charge in [0, 0.05) is 33.8 Å². The molecule has 11 rings (SSSR count). The fraction of sp³-hybridized carbons (Fsp3) is 0.0385. The van der Waals surface area contributed by atoms with Gasteiger partial charge in [-0.3, -0.25) is 0 Å². The number of furan rings is 1. The van der Waals surface area contributed by atoms with Crippen LogP contribution in [-0.4, -0.2) is 16.0 Å². The minimum absolute atomic E-state index is 0.188. The van der Waals surface area contributed by atoms with Crippen LogP contribution in [0.1, 0.15) is 17.0 Å². The van der Waals surface area contributed by atoms with E-state index >= 15 is 0 Å². The molecule has 0 bridgehead atoms. The molecule has 56 heavy (non-hydrogen) atoms. The van der Waals surface area contributed by atoms with Gasteiger partial charge in [0.15, 0.2) is 11.4 Å². The Hall–Kier alpha value is -7.30. The molecule has 0 saturated heterocycles. The molecular weight excluding hydrogens is 683 g/mol. The number of hydrogen-bond acceptors (Lipinski definition) is 4. The number of benzene rings is 7. The van der Waals surface area contributed by atoms with Crippen molar-refractivity contribution in [3.8, 4) is 44.9 Å². The van der Waals surface area contributed by atoms with Crippen LogP contribution < -0.4 is 4.90 Å². The van der Waals surface area contributed by atoms with Gasteiger partial charge >= 0.3 is 0 Å². The summed E-state index contributed by atoms with van der Waals surface area (Å²) in [4.78, 5) is 12.8. The van der Waals surface area contributed by atoms with Crippen LogP contribution >= 0.6 is 0 Å². The van der Waals surface area contributed by atoms with Crippen LogP contribution in [0.25, 0.3) is 72.5 Å². The van der Waals surface area contributed by atoms with Crippen molar-refractivity contribution in [3.05, 3.63) is 211 Å². The smallest absolute Gasteiger partial charge is 0.180 e. The first kappa shape index (κ1) is 32.2. The lowest BCUT2D eigenvalue weighted by Crippen LogP contribution is -2.29. The minimum Gasteiger partial charge on any atom is -0.452 e. The van der Waals surface area contributed by atoms with E-state index in [0.717, 1.165) is 55.6 Å². The SMILES string of the molecule is C1=CC2C(C(c3cccc(-c4ccc5oc6c(-c7cccc(-c8ccccc8)c7)nc(-c7ccccc7)nc6c5c4)c3)=C1)c1ccccc1N2c1ccccc1. The number of fused-ring (bicyclic) bond motifs is 6. The molecule has 264 valence electrons. The maximum atomic E-state index is 6.67. The first-order valence-corrected chi connectivity index (χ1v) is 19.1. The van der Waals surface area contributed by atoms with Crippen LogP contribution in [0.5, 0.6) is 0 Å². The predicted octanol–water partition coefficient (Wildman–Crippen LogP) is 13.3. The maximum absolute atomic E-state index is 6.67. The average Bonchev–Trinajstić information content (AvgIpc) is 3.82. The molecule has 0 N–H and O–H groups in total. The summed E-state index contributed by atoms with van der Waals surface area (Å²) in [5.74, 6) is 0.875. The van der Waals surface area contributed by atoms with Crippen molar-refractivity contribution >= 4 is 39.0 Å². The Balaban J connectivity index is 1.02. The molecule has 2 aliphatic rings. The van der Waals surface area contributed by atoms with E-state index in [1.54, 1.807) is 0 Å². The molecule has 0 spiro atoms. The van der Waals surface area contributed by atoms with Crippen molar-refractivity contribution in [2.24, 2.45) is 0 Å². The molecule has 0 radical (unpaired) electrons. The summed E-state index contributed by atoms with van der Waals surface area (Å²) in [5, 5.41) is 0.964. The number of rotatable bonds is 6. The molecule has 1 aliphatic carbocycles. The van der Waals surface area contributed by atoms with Gasteiger partial charge in [-0.15, -0.1) is 0 Å². The van der Waals surface area contributed by atoms with Gasteiger partial charge in [-0.05, 0) is 81.4 Å². The Morgan fingerprint density at radius 3 is 1.93 bits per heavy atom. The fourth-order valence-corrected chi connectivity index (χ4v) is 8.65. The fourth-order valence-electron chi connectivity index (χ4n) is 8.65. The Kier molecular flexibility index (Phi) is 7.59. The second-order valence-electron chi connectivity index (χ2n) is 14.5. The zero-order valence-corrected chi connectivity index (χ0v) is 30.5. The molecule has 3 heterocycles. The monoisotopic (exact) mass is 717 g/mol. The van der Waals surface area contributed by atoms with Gasteiger partial charge in [0.25, 0.3) is 0 Å². The van der Waals surface area contributed by atoms with E-state index in [2.05, 4.69) is 181 Å². The average molecular weight is 718 g/mol. The van der Waals surface area contributed by atoms with Gasteiger partial charge in [0.1, 0.15) is 16.8 Å². The second kappa shape index (κ2) is 13.2. The van der Waals surface area contributed by atoms with E-state index in [1.807, 2.05) is 24.3 Å². The quantitative estimate of drug-likeness (QED) is 0.172. The third-order valence-electron chi connectivity index (χ3n) is 11.2. The normalized spacial score (nSPS) is 15.9. The lowest BCUT2D eigenvalue weighted by atomic mass is 9.80. The van der Waals surface area contributed by atoms with Gasteiger partial charge in [0.05, 0.1) is 6.04 Å². The molecular formula is C52H35N3O. The first-order chi connectivity index (χ1) is 27.8. The van der Waals surface area contributed by atoms with Crippen molar-refractivity contribution in [1.82, 2.24) is 9.97 Å². The van der Waals surface area contributed by atoms with Gasteiger partial charge in [-0.2, -0.15) is 0 Å². The van der Waals surface area contributed by atoms with E-state index in [-0.39, 0.29) is 12.0 Å². The van der Waals surface area contributed by atoms with E-state index in [1.165, 1.54) is 28.1 Å². The Bertz CT molecular complexity index is 2980. The Labute approximate surface area is 325 Å². The molecule has 2 aromatic heterocycles. The number of allylic oxidation sites excluding steroid dienone is 2. The molecule has 0 fully saturated rings. The van der Waals surface area contributed by atoms with Crippen LogP contribution in [0.15, 0.2) is 205 Å². The standard InChI is InChI=1S/C52H35N3O/c1-4-15-34(16-5-1)36-19-13-22-40(32-36)49-51-50(54-52(53-49)35-17-6-2-7-18-35)44-33-38(29-30-47(44)56-51)37-20-12-21-39(31-37)42-26-14-28-46-48(42)43-25-10-11-27-45(43)55(46)41-23-8-3-9-24-41/h1-33,46,48H. The maximum Gasteiger partial charge on any atom is 0.180 e. The minimum atomic E-state index is 0.188. The molecule has 0 amide bonds. The van der Waals surface area contributed by atoms with Gasteiger partial charge < -0.3 is 9.32 Å². The third kappa shape index (κ3) is 5.38. The molecule has 2 atom stereocenters. The highest BCUT2D eigenvalue weighted by molar-refractivity contribution is 6.08. The summed E-state index contributed by atoms with van der Waals surface area (Å²) in [7, 11) is 0. The summed E-state index contributed by atoms with van der Waals surface area (Å²) in [6, 6.07) is 64.4. The lowest BCUT2D eigenvalue weighted by molar-refractivity contribution is 0.667. The molecule has 4 heteroatoms. The van der Waals surface area contributed by atoms with E-state index < -0.39 is 0 Å². The van der Waals surface area contributed by atoms with E-state index in [4.69, 9.17) is 14.4 Å². The molecule has 1 aliphatic heterocycles. The summed E-state index contributed by atoms with van der Waals surface area (Å²) in [5.41, 5.74) is 15.9. The number of para-hydroxylation sites is 2. The van der Waals surface area contributed by atoms with Crippen LogP contribution in [0.2, 0.25) is 0 Å². The van der Waals surface area contributed by atoms with Crippen molar-refractivity contribution in [2.45, 2.75) is 12.0 Å². The van der Waals surface area contributed by atoms with Crippen molar-refractivity contribution in [3.63, 3.8) is 0 Å². The number of anilines is 2. The molecule has 0 saturated carbocycles. The predicted molar refractivity (Wildman–Crippen MR) is 230 cm³/mol. The molecule has 9 aromatic rings. The van der Waals surface area contributed by atoms with E-state index in [9.17, 15) is 0 Å². The summed E-state index contributed by atoms with van der Waals surface area (Å²) < 4.78 is 6.67. The zero-order valence-electron chi connectivity index (χ0n) is 30.5. The number of nitrogens with zero attached hydrogens (tertiary/aromatic N) is 3. The Morgan fingerprint density at radius 1 is 0.500 bits per heavy atom. The summed E-state index contributed by atoms with van der Waals surface area (Å²) in [6.45, 7) is 0. The summed E-state index contributed by atoms with van der Waals surface area (Å²) >= 11 is 0. The third-order valence-corrected chi connectivity index (χ3v) is 11.2. The van der Waals surface area contributed by atoms with Crippen LogP contribution in [0.3, 0.4) is 0 Å². The van der Waals surface area contributed by atoms with Crippen molar-refractivity contribution in [2.75, 3.05) is 4.90 Å². The van der Waals surface area contributed by atoms with Crippen molar-refractivity contribution < 1.29 is 4.42 Å². The van der Waals surface area contributed by atoms with Crippen LogP contribution in [0, 0.1) is 0 Å². The number of aromatic nitrogens is 2. The molecule has 2 unspecified atom stereocenters. The molecule has 4 nitrogen and oxygen atoms in total. The van der Waals surface area contributed by atoms with Crippen LogP contribution in [0.4, 0.5) is 11.4 Å². The van der Waals surface area contributed by atoms with Crippen molar-refractivity contribution in [1.29, 1.82) is 0 Å². The molecule has 7 aromatic carbocycles. The topological polar surface area (TPSA) is 42.2 Å². The highest BCUT2D eigenvalue weighted by Gasteiger charge is 2.41. The highest BCUT2D eigenvalue weighted by atomic mass is 16.3. The first-order valence-electron chi connectivity index (χ1n) is 19.1. The van der Waals surface area contributed by atoms with Gasteiger partial charge in [-0.1, -0.05) is 158 Å². The second-order valence-corrected chi connectivity index (χ2v) is 14.5. The van der Waals surface area contributed by atoms with Crippen LogP contribution in [-0.2, 0) is 0 Å². The van der Waals surface area contributed by atoms with Gasteiger partial charge in [0.2, 0.25) is 0 Å². The van der Waals surface area contributed by atoms with Gasteiger partial charge in [-0.25, -0.2) is 9.97 Å². The Morgan fingerprint density at radius 2 is 1.12 bits per heavy atom. The van der Waals surface area contributed by atoms with E-state index in [0.29, 0.717) is 11.4 Å². The number of hydrogen-bond donors (Lipinski definition) is 0. The summed E-state index contributed by atoms with van der Waals surface area (Å²) in [6.07, 6.45) is 6.88. The highest BCUT2D eigenvalue weighted by Crippen LogP contribution is 2.52. The largest absolute Gasteiger partial charge is 0.452 e.